The van der Waals surface area contributed by atoms with Crippen molar-refractivity contribution >= 4 is 17.7 Å². The Hall–Kier alpha value is -1.16. The minimum absolute atomic E-state index is 0.0138. The van der Waals surface area contributed by atoms with Gasteiger partial charge in [-0.15, -0.1) is 0 Å². The molecule has 1 aliphatic rings. The maximum absolute atomic E-state index is 12.0. The first-order chi connectivity index (χ1) is 9.69. The summed E-state index contributed by atoms with van der Waals surface area (Å²) in [4.78, 5) is 12.0. The summed E-state index contributed by atoms with van der Waals surface area (Å²) in [5.74, 6) is 1.85. The molecule has 0 spiro atoms. The largest absolute Gasteiger partial charge is 0.484 e. The monoisotopic (exact) mass is 293 g/mol. The number of benzene rings is 1. The zero-order chi connectivity index (χ0) is 14.4. The zero-order valence-corrected chi connectivity index (χ0v) is 13.0. The number of carbonyl (C=O) groups excluding carboxylic acids is 1. The molecule has 110 valence electrons. The van der Waals surface area contributed by atoms with E-state index in [1.807, 2.05) is 43.0 Å². The van der Waals surface area contributed by atoms with Crippen LogP contribution in [0, 0.1) is 6.92 Å². The molecule has 1 N–H and O–H groups in total. The van der Waals surface area contributed by atoms with Gasteiger partial charge in [0.15, 0.2) is 6.61 Å². The standard InChI is InChI=1S/C16H23NO2S/c1-3-20-15-9-5-8-14(15)17-16(18)11-19-13-7-4-6-12(2)10-13/h4,6-7,10,14-15H,3,5,8-9,11H2,1-2H3,(H,17,18)/t14-,15-/m0/s1. The second kappa shape index (κ2) is 7.58. The van der Waals surface area contributed by atoms with Crippen LogP contribution in [0.5, 0.6) is 5.75 Å². The van der Waals surface area contributed by atoms with Crippen molar-refractivity contribution < 1.29 is 9.53 Å². The van der Waals surface area contributed by atoms with Crippen LogP contribution in [0.15, 0.2) is 24.3 Å². The summed E-state index contributed by atoms with van der Waals surface area (Å²) in [7, 11) is 0. The van der Waals surface area contributed by atoms with Crippen LogP contribution in [0.1, 0.15) is 31.7 Å². The first-order valence-corrected chi connectivity index (χ1v) is 8.34. The van der Waals surface area contributed by atoms with Crippen molar-refractivity contribution in [2.75, 3.05) is 12.4 Å². The average molecular weight is 293 g/mol. The summed E-state index contributed by atoms with van der Waals surface area (Å²) in [6.07, 6.45) is 3.51. The lowest BCUT2D eigenvalue weighted by Crippen LogP contribution is -2.41. The van der Waals surface area contributed by atoms with Gasteiger partial charge in [0.05, 0.1) is 0 Å². The molecule has 1 saturated carbocycles. The number of ether oxygens (including phenoxy) is 1. The number of hydrogen-bond donors (Lipinski definition) is 1. The molecule has 0 heterocycles. The van der Waals surface area contributed by atoms with E-state index in [-0.39, 0.29) is 12.5 Å². The van der Waals surface area contributed by atoms with E-state index >= 15 is 0 Å². The minimum Gasteiger partial charge on any atom is -0.484 e. The van der Waals surface area contributed by atoms with Crippen LogP contribution < -0.4 is 10.1 Å². The number of carbonyl (C=O) groups is 1. The van der Waals surface area contributed by atoms with Gasteiger partial charge in [-0.05, 0) is 43.2 Å². The molecule has 0 aliphatic heterocycles. The molecule has 1 aromatic rings. The normalized spacial score (nSPS) is 21.7. The molecule has 20 heavy (non-hydrogen) atoms. The Bertz CT molecular complexity index is 450. The van der Waals surface area contributed by atoms with Gasteiger partial charge in [-0.2, -0.15) is 11.8 Å². The zero-order valence-electron chi connectivity index (χ0n) is 12.2. The number of nitrogens with one attached hydrogen (secondary N) is 1. The van der Waals surface area contributed by atoms with Crippen molar-refractivity contribution in [2.45, 2.75) is 44.4 Å². The topological polar surface area (TPSA) is 38.3 Å². The van der Waals surface area contributed by atoms with Crippen molar-refractivity contribution in [1.29, 1.82) is 0 Å². The van der Waals surface area contributed by atoms with Crippen LogP contribution in [0.2, 0.25) is 0 Å². The molecule has 1 fully saturated rings. The van der Waals surface area contributed by atoms with E-state index in [9.17, 15) is 4.79 Å². The predicted molar refractivity (Wildman–Crippen MR) is 84.4 cm³/mol. The van der Waals surface area contributed by atoms with Crippen LogP contribution in [0.25, 0.3) is 0 Å². The molecule has 1 aliphatic carbocycles. The highest BCUT2D eigenvalue weighted by atomic mass is 32.2. The molecule has 0 bridgehead atoms. The summed E-state index contributed by atoms with van der Waals surface area (Å²) in [5.41, 5.74) is 1.14. The van der Waals surface area contributed by atoms with Crippen LogP contribution in [-0.2, 0) is 4.79 Å². The fraction of sp³-hybridized carbons (Fsp3) is 0.562. The van der Waals surface area contributed by atoms with E-state index in [1.165, 1.54) is 12.8 Å². The first-order valence-electron chi connectivity index (χ1n) is 7.29. The summed E-state index contributed by atoms with van der Waals surface area (Å²) < 4.78 is 5.54. The third kappa shape index (κ3) is 4.44. The molecule has 0 radical (unpaired) electrons. The first kappa shape index (κ1) is 15.2. The fourth-order valence-corrected chi connectivity index (χ4v) is 3.81. The molecular weight excluding hydrogens is 270 g/mol. The third-order valence-electron chi connectivity index (χ3n) is 3.54. The second-order valence-electron chi connectivity index (χ2n) is 5.20. The van der Waals surface area contributed by atoms with Gasteiger partial charge in [0, 0.05) is 11.3 Å². The lowest BCUT2D eigenvalue weighted by Gasteiger charge is -2.20. The van der Waals surface area contributed by atoms with E-state index in [4.69, 9.17) is 4.74 Å². The third-order valence-corrected chi connectivity index (χ3v) is 4.86. The Kier molecular flexibility index (Phi) is 5.77. The van der Waals surface area contributed by atoms with Crippen molar-refractivity contribution in [2.24, 2.45) is 0 Å². The molecule has 1 amide bonds. The summed E-state index contributed by atoms with van der Waals surface area (Å²) >= 11 is 1.95. The lowest BCUT2D eigenvalue weighted by molar-refractivity contribution is -0.123. The van der Waals surface area contributed by atoms with Gasteiger partial charge in [0.1, 0.15) is 5.75 Å². The molecule has 2 rings (SSSR count). The van der Waals surface area contributed by atoms with Gasteiger partial charge < -0.3 is 10.1 Å². The van der Waals surface area contributed by atoms with Crippen LogP contribution in [0.4, 0.5) is 0 Å². The Balaban J connectivity index is 1.78. The van der Waals surface area contributed by atoms with E-state index in [1.54, 1.807) is 0 Å². The predicted octanol–water partition coefficient (Wildman–Crippen LogP) is 3.16. The number of amides is 1. The van der Waals surface area contributed by atoms with E-state index < -0.39 is 0 Å². The Morgan fingerprint density at radius 1 is 1.45 bits per heavy atom. The molecule has 1 aromatic carbocycles. The lowest BCUT2D eigenvalue weighted by atomic mass is 10.2. The molecule has 0 unspecified atom stereocenters. The van der Waals surface area contributed by atoms with Crippen molar-refractivity contribution in [3.63, 3.8) is 0 Å². The second-order valence-corrected chi connectivity index (χ2v) is 6.72. The Morgan fingerprint density at radius 2 is 2.30 bits per heavy atom. The van der Waals surface area contributed by atoms with Crippen LogP contribution in [0.3, 0.4) is 0 Å². The van der Waals surface area contributed by atoms with E-state index in [0.717, 1.165) is 23.5 Å². The molecule has 3 nitrogen and oxygen atoms in total. The highest BCUT2D eigenvalue weighted by Crippen LogP contribution is 2.29. The quantitative estimate of drug-likeness (QED) is 0.875. The molecule has 2 atom stereocenters. The maximum Gasteiger partial charge on any atom is 0.258 e. The number of thioether (sulfide) groups is 1. The van der Waals surface area contributed by atoms with E-state index in [2.05, 4.69) is 12.2 Å². The Labute approximate surface area is 125 Å². The minimum atomic E-state index is -0.0138. The van der Waals surface area contributed by atoms with E-state index in [0.29, 0.717) is 11.3 Å². The van der Waals surface area contributed by atoms with Crippen LogP contribution >= 0.6 is 11.8 Å². The molecule has 0 saturated heterocycles. The number of rotatable bonds is 6. The van der Waals surface area contributed by atoms with Crippen molar-refractivity contribution in [3.8, 4) is 5.75 Å². The Morgan fingerprint density at radius 3 is 3.05 bits per heavy atom. The molecule has 0 aromatic heterocycles. The molecule has 4 heteroatoms. The van der Waals surface area contributed by atoms with Gasteiger partial charge in [-0.1, -0.05) is 25.5 Å². The van der Waals surface area contributed by atoms with Gasteiger partial charge in [-0.25, -0.2) is 0 Å². The van der Waals surface area contributed by atoms with Crippen molar-refractivity contribution in [1.82, 2.24) is 5.32 Å². The van der Waals surface area contributed by atoms with Gasteiger partial charge in [0.25, 0.3) is 5.91 Å². The SMILES string of the molecule is CCS[C@H]1CCC[C@@H]1NC(=O)COc1cccc(C)c1. The number of hydrogen-bond acceptors (Lipinski definition) is 3. The highest BCUT2D eigenvalue weighted by molar-refractivity contribution is 7.99. The highest BCUT2D eigenvalue weighted by Gasteiger charge is 2.28. The van der Waals surface area contributed by atoms with Crippen LogP contribution in [-0.4, -0.2) is 29.6 Å². The van der Waals surface area contributed by atoms with Crippen molar-refractivity contribution in [3.05, 3.63) is 29.8 Å². The summed E-state index contributed by atoms with van der Waals surface area (Å²) in [6, 6.07) is 8.09. The number of aryl methyl sites for hydroxylation is 1. The molecular formula is C16H23NO2S. The van der Waals surface area contributed by atoms with Gasteiger partial charge in [0.2, 0.25) is 0 Å². The summed E-state index contributed by atoms with van der Waals surface area (Å²) in [6.45, 7) is 4.28. The maximum atomic E-state index is 12.0. The smallest absolute Gasteiger partial charge is 0.258 e. The fourth-order valence-electron chi connectivity index (χ4n) is 2.61. The van der Waals surface area contributed by atoms with Gasteiger partial charge >= 0.3 is 0 Å². The van der Waals surface area contributed by atoms with Gasteiger partial charge in [-0.3, -0.25) is 4.79 Å². The average Bonchev–Trinajstić information content (AvgIpc) is 2.84. The summed E-state index contributed by atoms with van der Waals surface area (Å²) in [5, 5.41) is 3.69.